The van der Waals surface area contributed by atoms with Crippen LogP contribution in [0.2, 0.25) is 0 Å². The summed E-state index contributed by atoms with van der Waals surface area (Å²) in [5.74, 6) is 0. The molecule has 0 aromatic carbocycles. The minimum Gasteiger partial charge on any atom is -0.313 e. The zero-order chi connectivity index (χ0) is 13.1. The lowest BCUT2D eigenvalue weighted by Gasteiger charge is -2.12. The Bertz CT molecular complexity index is 265. The lowest BCUT2D eigenvalue weighted by Crippen LogP contribution is -2.32. The highest BCUT2D eigenvalue weighted by Gasteiger charge is 2.21. The second-order valence-corrected chi connectivity index (χ2v) is 6.24. The molecule has 0 amide bonds. The number of hydrogen-bond acceptors (Lipinski definition) is 4. The van der Waals surface area contributed by atoms with Crippen molar-refractivity contribution in [2.24, 2.45) is 5.73 Å². The Balaban J connectivity index is 3.66. The smallest absolute Gasteiger partial charge is 0.283 e. The molecular formula is C12H27NO3S. The molecule has 1 atom stereocenters. The van der Waals surface area contributed by atoms with Gasteiger partial charge in [0.25, 0.3) is 10.1 Å². The van der Waals surface area contributed by atoms with Crippen LogP contribution < -0.4 is 5.73 Å². The summed E-state index contributed by atoms with van der Waals surface area (Å²) >= 11 is 0. The standard InChI is InChI=1S/C12H27NO3S/c1-3-5-6-7-8-9-10-12(13)17(14,15)16-11-4-2/h12H,3-11,13H2,1-2H3. The highest BCUT2D eigenvalue weighted by atomic mass is 32.2. The van der Waals surface area contributed by atoms with Crippen LogP contribution in [-0.4, -0.2) is 20.4 Å². The van der Waals surface area contributed by atoms with E-state index in [0.29, 0.717) is 12.8 Å². The van der Waals surface area contributed by atoms with Gasteiger partial charge in [-0.05, 0) is 12.8 Å². The average molecular weight is 265 g/mol. The Labute approximate surface area is 106 Å². The van der Waals surface area contributed by atoms with Gasteiger partial charge in [0, 0.05) is 0 Å². The van der Waals surface area contributed by atoms with E-state index in [-0.39, 0.29) is 6.61 Å². The minimum atomic E-state index is -3.54. The van der Waals surface area contributed by atoms with Gasteiger partial charge in [0.15, 0.2) is 0 Å². The molecule has 104 valence electrons. The molecular weight excluding hydrogens is 238 g/mol. The van der Waals surface area contributed by atoms with Crippen molar-refractivity contribution in [3.05, 3.63) is 0 Å². The van der Waals surface area contributed by atoms with Gasteiger partial charge in [-0.2, -0.15) is 8.42 Å². The summed E-state index contributed by atoms with van der Waals surface area (Å²) in [5.41, 5.74) is 5.62. The molecule has 0 heterocycles. The maximum absolute atomic E-state index is 11.5. The summed E-state index contributed by atoms with van der Waals surface area (Å²) in [7, 11) is -3.54. The van der Waals surface area contributed by atoms with Gasteiger partial charge in [-0.15, -0.1) is 0 Å². The Hall–Kier alpha value is -0.130. The minimum absolute atomic E-state index is 0.229. The topological polar surface area (TPSA) is 69.4 Å². The zero-order valence-electron chi connectivity index (χ0n) is 11.2. The molecule has 0 radical (unpaired) electrons. The Morgan fingerprint density at radius 2 is 1.59 bits per heavy atom. The van der Waals surface area contributed by atoms with Crippen LogP contribution in [0.5, 0.6) is 0 Å². The van der Waals surface area contributed by atoms with E-state index in [1.165, 1.54) is 19.3 Å². The van der Waals surface area contributed by atoms with Crippen LogP contribution in [-0.2, 0) is 14.3 Å². The molecule has 4 nitrogen and oxygen atoms in total. The van der Waals surface area contributed by atoms with E-state index in [2.05, 4.69) is 6.92 Å². The van der Waals surface area contributed by atoms with Gasteiger partial charge in [-0.25, -0.2) is 0 Å². The third-order valence-corrected chi connectivity index (χ3v) is 4.14. The van der Waals surface area contributed by atoms with Crippen molar-refractivity contribution in [3.63, 3.8) is 0 Å². The van der Waals surface area contributed by atoms with Gasteiger partial charge in [0.1, 0.15) is 5.37 Å². The summed E-state index contributed by atoms with van der Waals surface area (Å²) in [4.78, 5) is 0. The van der Waals surface area contributed by atoms with Gasteiger partial charge in [0.2, 0.25) is 0 Å². The first kappa shape index (κ1) is 16.9. The molecule has 0 aromatic heterocycles. The molecule has 0 fully saturated rings. The maximum Gasteiger partial charge on any atom is 0.283 e. The van der Waals surface area contributed by atoms with Crippen LogP contribution >= 0.6 is 0 Å². The van der Waals surface area contributed by atoms with E-state index in [1.54, 1.807) is 0 Å². The molecule has 0 aliphatic carbocycles. The molecule has 0 saturated carbocycles. The van der Waals surface area contributed by atoms with Gasteiger partial charge in [-0.1, -0.05) is 52.4 Å². The molecule has 0 bridgehead atoms. The third-order valence-electron chi connectivity index (χ3n) is 2.66. The molecule has 5 heteroatoms. The number of hydrogen-bond donors (Lipinski definition) is 1. The average Bonchev–Trinajstić information content (AvgIpc) is 2.30. The number of nitrogens with two attached hydrogens (primary N) is 1. The Kier molecular flexibility index (Phi) is 9.78. The van der Waals surface area contributed by atoms with Crippen LogP contribution in [0.3, 0.4) is 0 Å². The monoisotopic (exact) mass is 265 g/mol. The van der Waals surface area contributed by atoms with Crippen molar-refractivity contribution in [1.29, 1.82) is 0 Å². The summed E-state index contributed by atoms with van der Waals surface area (Å²) in [6.45, 7) is 4.27. The Morgan fingerprint density at radius 1 is 1.00 bits per heavy atom. The molecule has 1 unspecified atom stereocenters. The highest BCUT2D eigenvalue weighted by Crippen LogP contribution is 2.11. The van der Waals surface area contributed by atoms with E-state index < -0.39 is 15.5 Å². The van der Waals surface area contributed by atoms with Crippen LogP contribution in [0.4, 0.5) is 0 Å². The van der Waals surface area contributed by atoms with Crippen molar-refractivity contribution < 1.29 is 12.6 Å². The predicted molar refractivity (Wildman–Crippen MR) is 71.1 cm³/mol. The molecule has 0 aromatic rings. The van der Waals surface area contributed by atoms with Crippen molar-refractivity contribution >= 4 is 10.1 Å². The van der Waals surface area contributed by atoms with E-state index in [0.717, 1.165) is 19.3 Å². The van der Waals surface area contributed by atoms with Crippen LogP contribution in [0.15, 0.2) is 0 Å². The van der Waals surface area contributed by atoms with Gasteiger partial charge < -0.3 is 5.73 Å². The van der Waals surface area contributed by atoms with Gasteiger partial charge in [0.05, 0.1) is 6.61 Å². The van der Waals surface area contributed by atoms with E-state index in [4.69, 9.17) is 9.92 Å². The lowest BCUT2D eigenvalue weighted by atomic mass is 10.1. The first-order valence-electron chi connectivity index (χ1n) is 6.68. The predicted octanol–water partition coefficient (Wildman–Crippen LogP) is 2.78. The zero-order valence-corrected chi connectivity index (χ0v) is 12.0. The van der Waals surface area contributed by atoms with Gasteiger partial charge in [-0.3, -0.25) is 4.18 Å². The maximum atomic E-state index is 11.5. The first-order valence-corrected chi connectivity index (χ1v) is 8.15. The quantitative estimate of drug-likeness (QED) is 0.460. The molecule has 0 aliphatic rings. The largest absolute Gasteiger partial charge is 0.313 e. The lowest BCUT2D eigenvalue weighted by molar-refractivity contribution is 0.309. The van der Waals surface area contributed by atoms with Crippen molar-refractivity contribution in [1.82, 2.24) is 0 Å². The summed E-state index contributed by atoms with van der Waals surface area (Å²) in [6.07, 6.45) is 7.96. The molecule has 0 aliphatic heterocycles. The molecule has 17 heavy (non-hydrogen) atoms. The second-order valence-electron chi connectivity index (χ2n) is 4.41. The third kappa shape index (κ3) is 8.57. The Morgan fingerprint density at radius 3 is 2.18 bits per heavy atom. The fourth-order valence-electron chi connectivity index (χ4n) is 1.56. The van der Waals surface area contributed by atoms with E-state index in [9.17, 15) is 8.42 Å². The fraction of sp³-hybridized carbons (Fsp3) is 1.00. The fourth-order valence-corrected chi connectivity index (χ4v) is 2.59. The van der Waals surface area contributed by atoms with Crippen molar-refractivity contribution in [3.8, 4) is 0 Å². The number of unbranched alkanes of at least 4 members (excludes halogenated alkanes) is 5. The van der Waals surface area contributed by atoms with Crippen molar-refractivity contribution in [2.45, 2.75) is 70.6 Å². The SMILES string of the molecule is CCCCCCCCC(N)S(=O)(=O)OCCC. The molecule has 2 N–H and O–H groups in total. The highest BCUT2D eigenvalue weighted by molar-refractivity contribution is 7.87. The molecule has 0 rings (SSSR count). The van der Waals surface area contributed by atoms with E-state index in [1.807, 2.05) is 6.92 Å². The molecule has 0 spiro atoms. The van der Waals surface area contributed by atoms with Crippen LogP contribution in [0.1, 0.15) is 65.2 Å². The molecule has 0 saturated heterocycles. The van der Waals surface area contributed by atoms with Gasteiger partial charge >= 0.3 is 0 Å². The van der Waals surface area contributed by atoms with Crippen molar-refractivity contribution in [2.75, 3.05) is 6.61 Å². The summed E-state index contributed by atoms with van der Waals surface area (Å²) in [5, 5.41) is -0.861. The van der Waals surface area contributed by atoms with E-state index >= 15 is 0 Å². The first-order chi connectivity index (χ1) is 8.04. The summed E-state index contributed by atoms with van der Waals surface area (Å²) in [6, 6.07) is 0. The van der Waals surface area contributed by atoms with Crippen LogP contribution in [0, 0.1) is 0 Å². The van der Waals surface area contributed by atoms with Crippen LogP contribution in [0.25, 0.3) is 0 Å². The normalized spacial score (nSPS) is 13.8. The number of rotatable bonds is 11. The second kappa shape index (κ2) is 9.85. The summed E-state index contributed by atoms with van der Waals surface area (Å²) < 4.78 is 27.8.